The molecule has 0 aliphatic carbocycles. The number of carbonyl (C=O) groups excluding carboxylic acids is 1. The van der Waals surface area contributed by atoms with Crippen molar-refractivity contribution in [1.29, 1.82) is 0 Å². The van der Waals surface area contributed by atoms with Crippen molar-refractivity contribution < 1.29 is 18.7 Å². The fourth-order valence-corrected chi connectivity index (χ4v) is 3.28. The fourth-order valence-electron chi connectivity index (χ4n) is 3.28. The molecule has 1 aliphatic rings. The van der Waals surface area contributed by atoms with Gasteiger partial charge >= 0.3 is 11.8 Å². The molecule has 1 aromatic heterocycles. The summed E-state index contributed by atoms with van der Waals surface area (Å²) in [6.45, 7) is 2.63. The van der Waals surface area contributed by atoms with Gasteiger partial charge in [0, 0.05) is 37.4 Å². The highest BCUT2D eigenvalue weighted by molar-refractivity contribution is 5.90. The molecule has 0 unspecified atom stereocenters. The molecular weight excluding hydrogens is 372 g/mol. The predicted molar refractivity (Wildman–Crippen MR) is 107 cm³/mol. The van der Waals surface area contributed by atoms with E-state index in [1.807, 2.05) is 42.5 Å². The van der Waals surface area contributed by atoms with Gasteiger partial charge < -0.3 is 23.7 Å². The Kier molecular flexibility index (Phi) is 5.33. The van der Waals surface area contributed by atoms with E-state index in [0.717, 1.165) is 24.5 Å². The average molecular weight is 394 g/mol. The Morgan fingerprint density at radius 2 is 1.66 bits per heavy atom. The number of hydrogen-bond donors (Lipinski definition) is 0. The molecule has 0 saturated carbocycles. The largest absolute Gasteiger partial charge is 0.497 e. The van der Waals surface area contributed by atoms with Gasteiger partial charge in [0.25, 0.3) is 0 Å². The van der Waals surface area contributed by atoms with E-state index in [-0.39, 0.29) is 11.8 Å². The van der Waals surface area contributed by atoms with Crippen LogP contribution in [0.2, 0.25) is 0 Å². The van der Waals surface area contributed by atoms with Crippen LogP contribution in [0.5, 0.6) is 11.5 Å². The molecule has 1 fully saturated rings. The van der Waals surface area contributed by atoms with Gasteiger partial charge in [-0.05, 0) is 42.5 Å². The molecule has 8 heteroatoms. The van der Waals surface area contributed by atoms with Crippen LogP contribution in [-0.2, 0) is 0 Å². The summed E-state index contributed by atoms with van der Waals surface area (Å²) in [5.74, 6) is 1.56. The van der Waals surface area contributed by atoms with Gasteiger partial charge in [-0.3, -0.25) is 4.79 Å². The Bertz CT molecular complexity index is 978. The first-order chi connectivity index (χ1) is 14.2. The lowest BCUT2D eigenvalue weighted by Gasteiger charge is -2.35. The number of piperazine rings is 1. The van der Waals surface area contributed by atoms with E-state index in [9.17, 15) is 4.79 Å². The second-order valence-electron chi connectivity index (χ2n) is 6.62. The summed E-state index contributed by atoms with van der Waals surface area (Å²) in [5, 5.41) is 7.96. The summed E-state index contributed by atoms with van der Waals surface area (Å²) in [6.07, 6.45) is 0. The first kappa shape index (κ1) is 18.8. The van der Waals surface area contributed by atoms with Crippen LogP contribution in [0.15, 0.2) is 52.9 Å². The van der Waals surface area contributed by atoms with Gasteiger partial charge in [-0.1, -0.05) is 6.07 Å². The van der Waals surface area contributed by atoms with Crippen LogP contribution in [-0.4, -0.2) is 61.4 Å². The first-order valence-corrected chi connectivity index (χ1v) is 9.34. The van der Waals surface area contributed by atoms with Crippen molar-refractivity contribution in [3.05, 3.63) is 54.4 Å². The minimum atomic E-state index is -0.249. The summed E-state index contributed by atoms with van der Waals surface area (Å²) in [5.41, 5.74) is 1.82. The van der Waals surface area contributed by atoms with E-state index >= 15 is 0 Å². The monoisotopic (exact) mass is 394 g/mol. The van der Waals surface area contributed by atoms with Gasteiger partial charge in [0.2, 0.25) is 5.89 Å². The number of amides is 1. The highest BCUT2D eigenvalue weighted by Crippen LogP contribution is 2.24. The van der Waals surface area contributed by atoms with Crippen molar-refractivity contribution >= 4 is 11.6 Å². The zero-order valence-electron chi connectivity index (χ0n) is 16.4. The molecule has 29 heavy (non-hydrogen) atoms. The number of carbonyl (C=O) groups is 1. The summed E-state index contributed by atoms with van der Waals surface area (Å²) >= 11 is 0. The number of benzene rings is 2. The Morgan fingerprint density at radius 3 is 2.34 bits per heavy atom. The lowest BCUT2D eigenvalue weighted by molar-refractivity contribution is 0.0707. The van der Waals surface area contributed by atoms with Crippen molar-refractivity contribution in [3.8, 4) is 23.0 Å². The van der Waals surface area contributed by atoms with Gasteiger partial charge in [-0.25, -0.2) is 0 Å². The Morgan fingerprint density at radius 1 is 0.931 bits per heavy atom. The highest BCUT2D eigenvalue weighted by Gasteiger charge is 2.26. The van der Waals surface area contributed by atoms with Crippen molar-refractivity contribution in [1.82, 2.24) is 15.1 Å². The van der Waals surface area contributed by atoms with Gasteiger partial charge in [0.1, 0.15) is 11.5 Å². The summed E-state index contributed by atoms with van der Waals surface area (Å²) in [7, 11) is 3.24. The third kappa shape index (κ3) is 4.01. The SMILES string of the molecule is COc1ccc(N2CCN(C(=O)c3nnc(-c4cccc(OC)c4)o3)CC2)cc1. The number of aromatic nitrogens is 2. The molecule has 150 valence electrons. The molecule has 1 amide bonds. The molecule has 0 spiro atoms. The summed E-state index contributed by atoms with van der Waals surface area (Å²) < 4.78 is 16.0. The molecule has 2 heterocycles. The maximum Gasteiger partial charge on any atom is 0.311 e. The normalized spacial score (nSPS) is 14.0. The van der Waals surface area contributed by atoms with Gasteiger partial charge in [0.05, 0.1) is 14.2 Å². The van der Waals surface area contributed by atoms with Crippen molar-refractivity contribution in [2.45, 2.75) is 0 Å². The third-order valence-corrected chi connectivity index (χ3v) is 4.93. The summed E-state index contributed by atoms with van der Waals surface area (Å²) in [6, 6.07) is 15.2. The molecule has 1 aliphatic heterocycles. The molecule has 4 rings (SSSR count). The smallest absolute Gasteiger partial charge is 0.311 e. The molecule has 3 aromatic rings. The lowest BCUT2D eigenvalue weighted by atomic mass is 10.2. The molecule has 0 atom stereocenters. The number of nitrogens with zero attached hydrogens (tertiary/aromatic N) is 4. The topological polar surface area (TPSA) is 80.9 Å². The molecule has 0 N–H and O–H groups in total. The maximum atomic E-state index is 12.8. The standard InChI is InChI=1S/C21H22N4O4/c1-27-17-8-6-16(7-9-17)24-10-12-25(13-11-24)21(26)20-23-22-19(29-20)15-4-3-5-18(14-15)28-2/h3-9,14H,10-13H2,1-2H3. The third-order valence-electron chi connectivity index (χ3n) is 4.93. The minimum Gasteiger partial charge on any atom is -0.497 e. The number of hydrogen-bond acceptors (Lipinski definition) is 7. The van der Waals surface area contributed by atoms with Crippen molar-refractivity contribution in [2.75, 3.05) is 45.3 Å². The van der Waals surface area contributed by atoms with E-state index in [4.69, 9.17) is 13.9 Å². The maximum absolute atomic E-state index is 12.8. The van der Waals surface area contributed by atoms with E-state index < -0.39 is 0 Å². The van der Waals surface area contributed by atoms with Crippen molar-refractivity contribution in [2.24, 2.45) is 0 Å². The van der Waals surface area contributed by atoms with Crippen LogP contribution < -0.4 is 14.4 Å². The lowest BCUT2D eigenvalue weighted by Crippen LogP contribution is -2.48. The van der Waals surface area contributed by atoms with Gasteiger partial charge in [-0.2, -0.15) is 0 Å². The second-order valence-corrected chi connectivity index (χ2v) is 6.62. The number of ether oxygens (including phenoxy) is 2. The van der Waals surface area contributed by atoms with E-state index in [2.05, 4.69) is 15.1 Å². The van der Waals surface area contributed by atoms with Crippen LogP contribution in [0.4, 0.5) is 5.69 Å². The molecular formula is C21H22N4O4. The van der Waals surface area contributed by atoms with Crippen LogP contribution in [0, 0.1) is 0 Å². The molecule has 8 nitrogen and oxygen atoms in total. The average Bonchev–Trinajstić information content (AvgIpc) is 3.29. The van der Waals surface area contributed by atoms with E-state index in [0.29, 0.717) is 30.3 Å². The molecule has 0 radical (unpaired) electrons. The van der Waals surface area contributed by atoms with Gasteiger partial charge in [0.15, 0.2) is 0 Å². The van der Waals surface area contributed by atoms with Crippen LogP contribution in [0.3, 0.4) is 0 Å². The van der Waals surface area contributed by atoms with Crippen molar-refractivity contribution in [3.63, 3.8) is 0 Å². The zero-order valence-corrected chi connectivity index (χ0v) is 16.4. The zero-order chi connectivity index (χ0) is 20.2. The van der Waals surface area contributed by atoms with Crippen LogP contribution in [0.25, 0.3) is 11.5 Å². The Hall–Kier alpha value is -3.55. The fraction of sp³-hybridized carbons (Fsp3) is 0.286. The summed E-state index contributed by atoms with van der Waals surface area (Å²) in [4.78, 5) is 16.7. The number of methoxy groups -OCH3 is 2. The molecule has 0 bridgehead atoms. The van der Waals surface area contributed by atoms with Crippen LogP contribution in [0.1, 0.15) is 10.7 Å². The predicted octanol–water partition coefficient (Wildman–Crippen LogP) is 2.72. The Balaban J connectivity index is 1.40. The van der Waals surface area contributed by atoms with Crippen LogP contribution >= 0.6 is 0 Å². The van der Waals surface area contributed by atoms with E-state index in [1.165, 1.54) is 0 Å². The Labute approximate surface area is 168 Å². The molecule has 1 saturated heterocycles. The first-order valence-electron chi connectivity index (χ1n) is 9.34. The second kappa shape index (κ2) is 8.22. The quantitative estimate of drug-likeness (QED) is 0.658. The van der Waals surface area contributed by atoms with E-state index in [1.54, 1.807) is 25.2 Å². The number of rotatable bonds is 5. The highest BCUT2D eigenvalue weighted by atomic mass is 16.5. The number of anilines is 1. The minimum absolute atomic E-state index is 0.000664. The van der Waals surface area contributed by atoms with Gasteiger partial charge in [-0.15, -0.1) is 10.2 Å². The molecule has 2 aromatic carbocycles.